The molecule has 31 heavy (non-hydrogen) atoms. The third-order valence-electron chi connectivity index (χ3n) is 6.51. The van der Waals surface area contributed by atoms with Gasteiger partial charge < -0.3 is 10.3 Å². The van der Waals surface area contributed by atoms with Crippen LogP contribution in [0.2, 0.25) is 5.02 Å². The Balaban J connectivity index is 1.69. The maximum absolute atomic E-state index is 13.6. The molecule has 0 unspecified atom stereocenters. The van der Waals surface area contributed by atoms with Crippen LogP contribution < -0.4 is 5.32 Å². The number of rotatable bonds is 5. The zero-order chi connectivity index (χ0) is 21.8. The second-order valence-electron chi connectivity index (χ2n) is 8.43. The summed E-state index contributed by atoms with van der Waals surface area (Å²) in [4.78, 5) is 33.9. The Hall–Kier alpha value is -2.83. The molecule has 1 saturated heterocycles. The van der Waals surface area contributed by atoms with Crippen molar-refractivity contribution in [2.24, 2.45) is 0 Å². The first-order chi connectivity index (χ1) is 15.0. The third kappa shape index (κ3) is 2.97. The monoisotopic (exact) mass is 436 g/mol. The van der Waals surface area contributed by atoms with Gasteiger partial charge in [-0.2, -0.15) is 0 Å². The fraction of sp³-hybridized carbons (Fsp3) is 0.333. The van der Waals surface area contributed by atoms with Gasteiger partial charge in [-0.1, -0.05) is 48.9 Å². The minimum Gasteiger partial charge on any atom is -0.356 e. The van der Waals surface area contributed by atoms with Crippen LogP contribution in [0.25, 0.3) is 10.9 Å². The van der Waals surface area contributed by atoms with Crippen molar-refractivity contribution in [3.63, 3.8) is 0 Å². The van der Waals surface area contributed by atoms with E-state index < -0.39 is 5.54 Å². The van der Waals surface area contributed by atoms with Gasteiger partial charge in [-0.15, -0.1) is 0 Å². The maximum atomic E-state index is 13.6. The number of halogens is 1. The van der Waals surface area contributed by atoms with E-state index in [2.05, 4.69) is 10.3 Å². The fourth-order valence-corrected chi connectivity index (χ4v) is 5.20. The fourth-order valence-electron chi connectivity index (χ4n) is 5.03. The number of hydrogen-bond acceptors (Lipinski definition) is 3. The zero-order valence-corrected chi connectivity index (χ0v) is 18.4. The second-order valence-corrected chi connectivity index (χ2v) is 8.87. The molecular weight excluding hydrogens is 412 g/mol. The summed E-state index contributed by atoms with van der Waals surface area (Å²) in [6.07, 6.45) is 0.453. The molecule has 2 aliphatic rings. The summed E-state index contributed by atoms with van der Waals surface area (Å²) in [6.45, 7) is 5.63. The summed E-state index contributed by atoms with van der Waals surface area (Å²) in [7, 11) is 0. The SMILES string of the molecule is CCNCCN1C(=O)N2[C@H](c3ccccc3)c3[nH]c4ccc(Cl)cc4c3C[C@@]2(C)C1=O. The molecule has 3 amide bonds. The van der Waals surface area contributed by atoms with E-state index in [1.165, 1.54) is 4.90 Å². The number of nitrogens with one attached hydrogen (secondary N) is 2. The number of fused-ring (bicyclic) bond motifs is 4. The number of carbonyl (C=O) groups is 2. The Morgan fingerprint density at radius 1 is 1.19 bits per heavy atom. The van der Waals surface area contributed by atoms with Gasteiger partial charge in [0.05, 0.1) is 0 Å². The standard InChI is InChI=1S/C24H25ClN4O2/c1-3-26-11-12-28-22(30)24(2)14-18-17-13-16(25)9-10-19(17)27-20(18)21(29(24)23(28)31)15-7-5-4-6-8-15/h4-10,13,21,26-27H,3,11-12,14H2,1-2H3/t21-,24+/m1/s1. The lowest BCUT2D eigenvalue weighted by Gasteiger charge is -2.42. The third-order valence-corrected chi connectivity index (χ3v) is 6.74. The highest BCUT2D eigenvalue weighted by atomic mass is 35.5. The summed E-state index contributed by atoms with van der Waals surface area (Å²) in [6, 6.07) is 15.0. The molecule has 3 aromatic rings. The summed E-state index contributed by atoms with van der Waals surface area (Å²) in [5.74, 6) is -0.140. The Labute approximate surface area is 186 Å². The molecule has 6 nitrogen and oxygen atoms in total. The van der Waals surface area contributed by atoms with E-state index in [4.69, 9.17) is 11.6 Å². The van der Waals surface area contributed by atoms with E-state index in [1.54, 1.807) is 4.90 Å². The van der Waals surface area contributed by atoms with Crippen molar-refractivity contribution in [3.05, 3.63) is 70.4 Å². The molecule has 0 spiro atoms. The van der Waals surface area contributed by atoms with Gasteiger partial charge in [0, 0.05) is 41.1 Å². The number of hydrogen-bond donors (Lipinski definition) is 2. The lowest BCUT2D eigenvalue weighted by molar-refractivity contribution is -0.133. The van der Waals surface area contributed by atoms with Crippen LogP contribution in [0.1, 0.15) is 36.7 Å². The van der Waals surface area contributed by atoms with Crippen molar-refractivity contribution in [2.75, 3.05) is 19.6 Å². The molecule has 0 bridgehead atoms. The largest absolute Gasteiger partial charge is 0.356 e. The molecular formula is C24H25ClN4O2. The molecule has 0 radical (unpaired) electrons. The quantitative estimate of drug-likeness (QED) is 0.467. The Bertz CT molecular complexity index is 1180. The average molecular weight is 437 g/mol. The number of likely N-dealkylation sites (N-methyl/N-ethyl adjacent to an activating group) is 1. The molecule has 3 heterocycles. The number of urea groups is 1. The van der Waals surface area contributed by atoms with Crippen LogP contribution >= 0.6 is 11.6 Å². The van der Waals surface area contributed by atoms with Crippen molar-refractivity contribution >= 4 is 34.4 Å². The van der Waals surface area contributed by atoms with E-state index in [1.807, 2.05) is 62.4 Å². The van der Waals surface area contributed by atoms with Crippen LogP contribution in [-0.4, -0.2) is 51.9 Å². The van der Waals surface area contributed by atoms with Crippen LogP contribution in [-0.2, 0) is 11.2 Å². The maximum Gasteiger partial charge on any atom is 0.328 e. The molecule has 0 saturated carbocycles. The summed E-state index contributed by atoms with van der Waals surface area (Å²) < 4.78 is 0. The van der Waals surface area contributed by atoms with Gasteiger partial charge in [0.1, 0.15) is 11.6 Å². The molecule has 7 heteroatoms. The van der Waals surface area contributed by atoms with Gasteiger partial charge in [0.15, 0.2) is 0 Å². The van der Waals surface area contributed by atoms with E-state index in [9.17, 15) is 9.59 Å². The van der Waals surface area contributed by atoms with Crippen LogP contribution in [0.4, 0.5) is 4.79 Å². The first kappa shape index (κ1) is 20.1. The smallest absolute Gasteiger partial charge is 0.328 e. The van der Waals surface area contributed by atoms with Crippen molar-refractivity contribution in [1.29, 1.82) is 0 Å². The number of H-pyrrole nitrogens is 1. The van der Waals surface area contributed by atoms with E-state index in [-0.39, 0.29) is 18.0 Å². The van der Waals surface area contributed by atoms with Crippen molar-refractivity contribution in [3.8, 4) is 0 Å². The van der Waals surface area contributed by atoms with Gasteiger partial charge in [-0.25, -0.2) is 4.79 Å². The van der Waals surface area contributed by atoms with E-state index >= 15 is 0 Å². The minimum atomic E-state index is -0.950. The normalized spacial score (nSPS) is 22.9. The predicted molar refractivity (Wildman–Crippen MR) is 121 cm³/mol. The molecule has 2 N–H and O–H groups in total. The van der Waals surface area contributed by atoms with Gasteiger partial charge in [0.25, 0.3) is 5.91 Å². The molecule has 0 aliphatic carbocycles. The Morgan fingerprint density at radius 2 is 1.97 bits per heavy atom. The van der Waals surface area contributed by atoms with E-state index in [0.717, 1.165) is 34.3 Å². The van der Waals surface area contributed by atoms with Gasteiger partial charge >= 0.3 is 6.03 Å². The van der Waals surface area contributed by atoms with Crippen LogP contribution in [0.15, 0.2) is 48.5 Å². The molecule has 5 rings (SSSR count). The highest BCUT2D eigenvalue weighted by molar-refractivity contribution is 6.31. The topological polar surface area (TPSA) is 68.4 Å². The summed E-state index contributed by atoms with van der Waals surface area (Å²) in [5, 5.41) is 4.87. The highest BCUT2D eigenvalue weighted by Gasteiger charge is 2.59. The van der Waals surface area contributed by atoms with Crippen molar-refractivity contribution in [1.82, 2.24) is 20.1 Å². The number of aromatic amines is 1. The lowest BCUT2D eigenvalue weighted by atomic mass is 9.81. The molecule has 1 fully saturated rings. The number of benzene rings is 2. The second kappa shape index (κ2) is 7.39. The van der Waals surface area contributed by atoms with E-state index in [0.29, 0.717) is 24.5 Å². The van der Waals surface area contributed by atoms with Crippen LogP contribution in [0, 0.1) is 0 Å². The molecule has 2 aromatic carbocycles. The van der Waals surface area contributed by atoms with Crippen molar-refractivity contribution in [2.45, 2.75) is 31.8 Å². The summed E-state index contributed by atoms with van der Waals surface area (Å²) >= 11 is 6.30. The van der Waals surface area contributed by atoms with Crippen LogP contribution in [0.3, 0.4) is 0 Å². The zero-order valence-electron chi connectivity index (χ0n) is 17.6. The molecule has 2 aliphatic heterocycles. The van der Waals surface area contributed by atoms with Gasteiger partial charge in [0.2, 0.25) is 0 Å². The highest BCUT2D eigenvalue weighted by Crippen LogP contribution is 2.48. The minimum absolute atomic E-state index is 0.140. The number of imide groups is 1. The van der Waals surface area contributed by atoms with Gasteiger partial charge in [-0.05, 0) is 42.8 Å². The average Bonchev–Trinajstić information content (AvgIpc) is 3.20. The Morgan fingerprint density at radius 3 is 2.71 bits per heavy atom. The predicted octanol–water partition coefficient (Wildman–Crippen LogP) is 4.10. The lowest BCUT2D eigenvalue weighted by Crippen LogP contribution is -2.53. The summed E-state index contributed by atoms with van der Waals surface area (Å²) in [5.41, 5.74) is 3.00. The Kier molecular flexibility index (Phi) is 4.79. The van der Waals surface area contributed by atoms with Crippen LogP contribution in [0.5, 0.6) is 0 Å². The number of carbonyl (C=O) groups excluding carboxylic acids is 2. The molecule has 160 valence electrons. The van der Waals surface area contributed by atoms with Crippen molar-refractivity contribution < 1.29 is 9.59 Å². The molecule has 2 atom stereocenters. The number of amides is 3. The first-order valence-corrected chi connectivity index (χ1v) is 11.0. The first-order valence-electron chi connectivity index (χ1n) is 10.7. The molecule has 1 aromatic heterocycles. The number of nitrogens with zero attached hydrogens (tertiary/aromatic N) is 2. The van der Waals surface area contributed by atoms with Gasteiger partial charge in [-0.3, -0.25) is 14.6 Å². The number of aromatic nitrogens is 1.